The van der Waals surface area contributed by atoms with E-state index in [0.29, 0.717) is 10.8 Å². The van der Waals surface area contributed by atoms with Crippen LogP contribution in [0.15, 0.2) is 16.8 Å². The van der Waals surface area contributed by atoms with Crippen LogP contribution in [0.2, 0.25) is 0 Å². The predicted octanol–water partition coefficient (Wildman–Crippen LogP) is 3.08. The minimum atomic E-state index is -1.04. The molecule has 0 aromatic carbocycles. The number of rotatable bonds is 6. The Morgan fingerprint density at radius 1 is 1.45 bits per heavy atom. The summed E-state index contributed by atoms with van der Waals surface area (Å²) >= 11 is 4.24. The monoisotopic (exact) mass is 328 g/mol. The number of thiophene rings is 1. The van der Waals surface area contributed by atoms with Crippen molar-refractivity contribution in [3.8, 4) is 0 Å². The molecule has 2 rings (SSSR count). The van der Waals surface area contributed by atoms with Gasteiger partial charge in [0.25, 0.3) is 0 Å². The Labute approximate surface area is 128 Å². The number of carboxylic acid groups (broad SMARTS) is 1. The topological polar surface area (TPSA) is 79.3 Å². The summed E-state index contributed by atoms with van der Waals surface area (Å²) in [5.74, 6) is -0.291. The summed E-state index contributed by atoms with van der Waals surface area (Å²) < 4.78 is 0. The molecule has 5 nitrogen and oxygen atoms in total. The molecule has 2 aromatic rings. The molecule has 0 atom stereocenters. The van der Waals surface area contributed by atoms with E-state index in [0.717, 1.165) is 10.7 Å². The Morgan fingerprint density at radius 3 is 2.90 bits per heavy atom. The van der Waals surface area contributed by atoms with E-state index in [-0.39, 0.29) is 17.2 Å². The van der Waals surface area contributed by atoms with Crippen LogP contribution in [0, 0.1) is 6.92 Å². The molecule has 2 heterocycles. The number of aromatic nitrogens is 1. The second-order valence-electron chi connectivity index (χ2n) is 3.87. The van der Waals surface area contributed by atoms with Crippen molar-refractivity contribution in [2.75, 3.05) is 11.1 Å². The van der Waals surface area contributed by atoms with Crippen molar-refractivity contribution in [3.63, 3.8) is 0 Å². The van der Waals surface area contributed by atoms with E-state index in [2.05, 4.69) is 10.3 Å². The highest BCUT2D eigenvalue weighted by molar-refractivity contribution is 7.99. The first kappa shape index (κ1) is 15.0. The van der Waals surface area contributed by atoms with Crippen LogP contribution in [0.25, 0.3) is 0 Å². The van der Waals surface area contributed by atoms with E-state index >= 15 is 0 Å². The number of hydrogen-bond acceptors (Lipinski definition) is 6. The van der Waals surface area contributed by atoms with Crippen LogP contribution in [0.3, 0.4) is 0 Å². The average molecular weight is 328 g/mol. The Morgan fingerprint density at radius 2 is 2.25 bits per heavy atom. The molecule has 20 heavy (non-hydrogen) atoms. The first-order valence-electron chi connectivity index (χ1n) is 5.65. The highest BCUT2D eigenvalue weighted by atomic mass is 32.2. The lowest BCUT2D eigenvalue weighted by Gasteiger charge is -2.03. The number of thiazole rings is 1. The fourth-order valence-corrected chi connectivity index (χ4v) is 3.69. The molecule has 0 unspecified atom stereocenters. The third kappa shape index (κ3) is 4.06. The fourth-order valence-electron chi connectivity index (χ4n) is 1.46. The molecule has 0 fully saturated rings. The molecule has 0 aliphatic rings. The summed E-state index contributed by atoms with van der Waals surface area (Å²) in [7, 11) is 0. The highest BCUT2D eigenvalue weighted by Gasteiger charge is 2.13. The van der Waals surface area contributed by atoms with Crippen LogP contribution in [-0.4, -0.2) is 27.7 Å². The summed E-state index contributed by atoms with van der Waals surface area (Å²) in [5, 5.41) is 16.6. The maximum Gasteiger partial charge on any atom is 0.338 e. The van der Waals surface area contributed by atoms with Crippen molar-refractivity contribution in [1.29, 1.82) is 0 Å². The quantitative estimate of drug-likeness (QED) is 0.852. The van der Waals surface area contributed by atoms with Gasteiger partial charge in [-0.05, 0) is 18.4 Å². The van der Waals surface area contributed by atoms with E-state index < -0.39 is 5.97 Å². The number of carboxylic acids is 1. The maximum atomic E-state index is 11.7. The van der Waals surface area contributed by atoms with Crippen molar-refractivity contribution in [2.24, 2.45) is 0 Å². The van der Waals surface area contributed by atoms with E-state index in [1.165, 1.54) is 29.2 Å². The number of carbonyl (C=O) groups excluding carboxylic acids is 1. The zero-order chi connectivity index (χ0) is 14.5. The molecule has 0 aliphatic heterocycles. The molecule has 0 aliphatic carbocycles. The van der Waals surface area contributed by atoms with Gasteiger partial charge in [0.15, 0.2) is 0 Å². The number of nitrogens with one attached hydrogen (secondary N) is 1. The lowest BCUT2D eigenvalue weighted by atomic mass is 10.3. The molecule has 8 heteroatoms. The number of aryl methyl sites for hydroxylation is 1. The molecule has 0 saturated heterocycles. The smallest absolute Gasteiger partial charge is 0.338 e. The molecule has 0 saturated carbocycles. The van der Waals surface area contributed by atoms with E-state index in [1.807, 2.05) is 12.3 Å². The second-order valence-corrected chi connectivity index (χ2v) is 6.83. The fraction of sp³-hybridized carbons (Fsp3) is 0.250. The molecular weight excluding hydrogens is 316 g/mol. The summed E-state index contributed by atoms with van der Waals surface area (Å²) in [6.45, 7) is 1.94. The van der Waals surface area contributed by atoms with Crippen molar-refractivity contribution in [3.05, 3.63) is 33.1 Å². The van der Waals surface area contributed by atoms with Crippen LogP contribution < -0.4 is 5.32 Å². The lowest BCUT2D eigenvalue weighted by molar-refractivity contribution is -0.113. The summed E-state index contributed by atoms with van der Waals surface area (Å²) in [5.41, 5.74) is 1.09. The van der Waals surface area contributed by atoms with Crippen LogP contribution in [-0.2, 0) is 10.5 Å². The van der Waals surface area contributed by atoms with Gasteiger partial charge in [0, 0.05) is 11.1 Å². The molecule has 0 radical (unpaired) electrons. The molecule has 1 amide bonds. The molecule has 0 bridgehead atoms. The van der Waals surface area contributed by atoms with E-state index in [4.69, 9.17) is 5.11 Å². The van der Waals surface area contributed by atoms with Gasteiger partial charge >= 0.3 is 5.97 Å². The minimum Gasteiger partial charge on any atom is -0.478 e. The lowest BCUT2D eigenvalue weighted by Crippen LogP contribution is -2.15. The number of aromatic carboxylic acids is 1. The zero-order valence-electron chi connectivity index (χ0n) is 10.6. The molecule has 2 N–H and O–H groups in total. The van der Waals surface area contributed by atoms with Gasteiger partial charge in [-0.3, -0.25) is 4.79 Å². The summed E-state index contributed by atoms with van der Waals surface area (Å²) in [6, 6.07) is 1.48. The number of nitrogens with zero attached hydrogens (tertiary/aromatic N) is 1. The van der Waals surface area contributed by atoms with Crippen LogP contribution in [0.5, 0.6) is 0 Å². The largest absolute Gasteiger partial charge is 0.478 e. The zero-order valence-corrected chi connectivity index (χ0v) is 13.0. The van der Waals surface area contributed by atoms with Gasteiger partial charge < -0.3 is 10.4 Å². The molecule has 2 aromatic heterocycles. The van der Waals surface area contributed by atoms with Gasteiger partial charge in [-0.15, -0.1) is 34.4 Å². The predicted molar refractivity (Wildman–Crippen MR) is 82.9 cm³/mol. The Balaban J connectivity index is 1.80. The SMILES string of the molecule is Cc1nc(CSCC(=O)Nc2sccc2C(=O)O)cs1. The second kappa shape index (κ2) is 6.87. The van der Waals surface area contributed by atoms with Crippen LogP contribution >= 0.6 is 34.4 Å². The minimum absolute atomic E-state index is 0.128. The van der Waals surface area contributed by atoms with E-state index in [9.17, 15) is 9.59 Å². The van der Waals surface area contributed by atoms with Gasteiger partial charge in [0.05, 0.1) is 22.0 Å². The number of amides is 1. The molecular formula is C12H12N2O3S3. The normalized spacial score (nSPS) is 10.4. The van der Waals surface area contributed by atoms with E-state index in [1.54, 1.807) is 16.7 Å². The van der Waals surface area contributed by atoms with Gasteiger partial charge in [-0.2, -0.15) is 0 Å². The average Bonchev–Trinajstić information content (AvgIpc) is 2.98. The first-order valence-corrected chi connectivity index (χ1v) is 8.57. The standard InChI is InChI=1S/C12H12N2O3S3/c1-7-13-8(5-20-7)4-18-6-10(15)14-11-9(12(16)17)2-3-19-11/h2-3,5H,4,6H2,1H3,(H,14,15)(H,16,17). The number of carbonyl (C=O) groups is 2. The summed E-state index contributed by atoms with van der Waals surface area (Å²) in [4.78, 5) is 27.0. The summed E-state index contributed by atoms with van der Waals surface area (Å²) in [6.07, 6.45) is 0. The molecule has 0 spiro atoms. The Bertz CT molecular complexity index is 621. The van der Waals surface area contributed by atoms with Crippen molar-refractivity contribution >= 4 is 51.3 Å². The van der Waals surface area contributed by atoms with Gasteiger partial charge in [0.2, 0.25) is 5.91 Å². The maximum absolute atomic E-state index is 11.7. The van der Waals surface area contributed by atoms with Gasteiger partial charge in [0.1, 0.15) is 5.00 Å². The number of anilines is 1. The third-order valence-corrected chi connectivity index (χ3v) is 4.92. The highest BCUT2D eigenvalue weighted by Crippen LogP contribution is 2.23. The molecule has 106 valence electrons. The third-order valence-electron chi connectivity index (χ3n) is 2.30. The Kier molecular flexibility index (Phi) is 5.16. The van der Waals surface area contributed by atoms with Crippen molar-refractivity contribution in [1.82, 2.24) is 4.98 Å². The number of hydrogen-bond donors (Lipinski definition) is 2. The number of thioether (sulfide) groups is 1. The van der Waals surface area contributed by atoms with Crippen molar-refractivity contribution < 1.29 is 14.7 Å². The first-order chi connectivity index (χ1) is 9.56. The van der Waals surface area contributed by atoms with Gasteiger partial charge in [-0.25, -0.2) is 9.78 Å². The van der Waals surface area contributed by atoms with Crippen molar-refractivity contribution in [2.45, 2.75) is 12.7 Å². The van der Waals surface area contributed by atoms with Crippen LogP contribution in [0.1, 0.15) is 21.1 Å². The van der Waals surface area contributed by atoms with Gasteiger partial charge in [-0.1, -0.05) is 0 Å². The van der Waals surface area contributed by atoms with Crippen LogP contribution in [0.4, 0.5) is 5.00 Å². The Hall–Kier alpha value is -1.38.